The van der Waals surface area contributed by atoms with Gasteiger partial charge in [-0.15, -0.1) is 0 Å². The van der Waals surface area contributed by atoms with E-state index in [4.69, 9.17) is 0 Å². The fourth-order valence-corrected chi connectivity index (χ4v) is 4.67. The molecule has 0 aromatic heterocycles. The molecule has 1 unspecified atom stereocenters. The molecule has 0 bridgehead atoms. The lowest BCUT2D eigenvalue weighted by molar-refractivity contribution is 0.109. The Morgan fingerprint density at radius 1 is 1.07 bits per heavy atom. The van der Waals surface area contributed by atoms with Crippen LogP contribution in [-0.4, -0.2) is 42.6 Å². The summed E-state index contributed by atoms with van der Waals surface area (Å²) in [6.07, 6.45) is 6.43. The van der Waals surface area contributed by atoms with Crippen molar-refractivity contribution in [2.45, 2.75) is 50.1 Å². The Hall–Kier alpha value is -2.60. The van der Waals surface area contributed by atoms with Gasteiger partial charge in [-0.25, -0.2) is 9.18 Å². The Balaban J connectivity index is 1.35. The van der Waals surface area contributed by atoms with Crippen molar-refractivity contribution < 1.29 is 9.18 Å². The fraction of sp³-hybridized carbons (Fsp3) is 0.458. The zero-order chi connectivity index (χ0) is 21.0. The Morgan fingerprint density at radius 3 is 2.40 bits per heavy atom. The van der Waals surface area contributed by atoms with E-state index in [0.29, 0.717) is 6.04 Å². The number of halogens is 1. The largest absolute Gasteiger partial charge is 0.388 e. The Kier molecular flexibility index (Phi) is 6.23. The van der Waals surface area contributed by atoms with E-state index in [1.807, 2.05) is 43.4 Å². The minimum absolute atomic E-state index is 0.138. The predicted octanol–water partition coefficient (Wildman–Crippen LogP) is 4.62. The minimum Gasteiger partial charge on any atom is -0.388 e. The van der Waals surface area contributed by atoms with Crippen LogP contribution in [-0.2, 0) is 6.42 Å². The number of nitrogens with one attached hydrogen (secondary N) is 3. The molecule has 2 aliphatic rings. The summed E-state index contributed by atoms with van der Waals surface area (Å²) in [5, 5.41) is 9.31. The number of amides is 2. The number of anilines is 2. The van der Waals surface area contributed by atoms with E-state index in [1.165, 1.54) is 24.1 Å². The SMILES string of the molecule is CNc1ccc(NC(=O)NC2(CN3CCCC3Cc3ccc(F)cc3)CCC2)cc1. The number of urea groups is 1. The summed E-state index contributed by atoms with van der Waals surface area (Å²) in [5.41, 5.74) is 2.82. The van der Waals surface area contributed by atoms with Crippen molar-refractivity contribution in [1.82, 2.24) is 10.2 Å². The van der Waals surface area contributed by atoms with E-state index in [2.05, 4.69) is 20.9 Å². The number of likely N-dealkylation sites (tertiary alicyclic amines) is 1. The molecule has 0 radical (unpaired) electrons. The standard InChI is InChI=1S/C24H31FN4O/c1-26-20-9-11-21(12-10-20)27-23(30)28-24(13-3-14-24)17-29-15-2-4-22(29)16-18-5-7-19(25)8-6-18/h5-12,22,26H,2-4,13-17H2,1H3,(H2,27,28,30). The number of hydrogen-bond acceptors (Lipinski definition) is 3. The van der Waals surface area contributed by atoms with E-state index in [1.54, 1.807) is 0 Å². The summed E-state index contributed by atoms with van der Waals surface area (Å²) in [6, 6.07) is 14.8. The molecule has 2 aromatic rings. The van der Waals surface area contributed by atoms with Gasteiger partial charge in [-0.05, 0) is 87.0 Å². The zero-order valence-electron chi connectivity index (χ0n) is 17.6. The molecule has 5 nitrogen and oxygen atoms in total. The van der Waals surface area contributed by atoms with Crippen LogP contribution in [0.3, 0.4) is 0 Å². The van der Waals surface area contributed by atoms with E-state index in [0.717, 1.165) is 56.6 Å². The van der Waals surface area contributed by atoms with E-state index in [-0.39, 0.29) is 17.4 Å². The van der Waals surface area contributed by atoms with Crippen molar-refractivity contribution in [3.63, 3.8) is 0 Å². The third-order valence-corrected chi connectivity index (χ3v) is 6.51. The number of benzene rings is 2. The molecule has 6 heteroatoms. The third kappa shape index (κ3) is 4.93. The zero-order valence-corrected chi connectivity index (χ0v) is 17.6. The average Bonchev–Trinajstić information content (AvgIpc) is 3.15. The van der Waals surface area contributed by atoms with Crippen molar-refractivity contribution in [3.8, 4) is 0 Å². The summed E-state index contributed by atoms with van der Waals surface area (Å²) in [5.74, 6) is -0.189. The van der Waals surface area contributed by atoms with Gasteiger partial charge in [0, 0.05) is 31.0 Å². The predicted molar refractivity (Wildman–Crippen MR) is 119 cm³/mol. The Morgan fingerprint density at radius 2 is 1.77 bits per heavy atom. The lowest BCUT2D eigenvalue weighted by Gasteiger charge is -2.46. The number of hydrogen-bond donors (Lipinski definition) is 3. The van der Waals surface area contributed by atoms with Gasteiger partial charge in [-0.2, -0.15) is 0 Å². The first-order valence-corrected chi connectivity index (χ1v) is 10.9. The van der Waals surface area contributed by atoms with Gasteiger partial charge in [0.1, 0.15) is 5.82 Å². The average molecular weight is 411 g/mol. The van der Waals surface area contributed by atoms with Crippen molar-refractivity contribution >= 4 is 17.4 Å². The van der Waals surface area contributed by atoms with Crippen LogP contribution >= 0.6 is 0 Å². The number of rotatable bonds is 7. The second kappa shape index (κ2) is 9.04. The van der Waals surface area contributed by atoms with Crippen LogP contribution in [0.1, 0.15) is 37.7 Å². The summed E-state index contributed by atoms with van der Waals surface area (Å²) in [6.45, 7) is 1.94. The molecule has 2 amide bonds. The van der Waals surface area contributed by atoms with E-state index >= 15 is 0 Å². The number of nitrogens with zero attached hydrogens (tertiary/aromatic N) is 1. The van der Waals surface area contributed by atoms with Gasteiger partial charge in [-0.1, -0.05) is 12.1 Å². The highest BCUT2D eigenvalue weighted by molar-refractivity contribution is 5.90. The molecular weight excluding hydrogens is 379 g/mol. The van der Waals surface area contributed by atoms with Gasteiger partial charge in [0.15, 0.2) is 0 Å². The lowest BCUT2D eigenvalue weighted by Crippen LogP contribution is -2.61. The van der Waals surface area contributed by atoms with Crippen LogP contribution < -0.4 is 16.0 Å². The van der Waals surface area contributed by atoms with Gasteiger partial charge in [-0.3, -0.25) is 4.90 Å². The smallest absolute Gasteiger partial charge is 0.319 e. The molecule has 1 aliphatic carbocycles. The van der Waals surface area contributed by atoms with Crippen molar-refractivity contribution in [2.75, 3.05) is 30.8 Å². The van der Waals surface area contributed by atoms with Gasteiger partial charge in [0.2, 0.25) is 0 Å². The molecule has 2 fully saturated rings. The van der Waals surface area contributed by atoms with Crippen molar-refractivity contribution in [3.05, 3.63) is 59.9 Å². The van der Waals surface area contributed by atoms with Crippen LogP contribution in [0.2, 0.25) is 0 Å². The summed E-state index contributed by atoms with van der Waals surface area (Å²) in [7, 11) is 1.87. The Labute approximate surface area is 178 Å². The molecule has 1 saturated heterocycles. The van der Waals surface area contributed by atoms with Crippen molar-refractivity contribution in [1.29, 1.82) is 0 Å². The van der Waals surface area contributed by atoms with Gasteiger partial charge < -0.3 is 16.0 Å². The first kappa shape index (κ1) is 20.7. The lowest BCUT2D eigenvalue weighted by atomic mass is 9.76. The maximum absolute atomic E-state index is 13.2. The van der Waals surface area contributed by atoms with E-state index in [9.17, 15) is 9.18 Å². The van der Waals surface area contributed by atoms with Crippen LogP contribution in [0, 0.1) is 5.82 Å². The fourth-order valence-electron chi connectivity index (χ4n) is 4.67. The number of carbonyl (C=O) groups is 1. The van der Waals surface area contributed by atoms with Gasteiger partial charge in [0.05, 0.1) is 5.54 Å². The van der Waals surface area contributed by atoms with Crippen LogP contribution in [0.5, 0.6) is 0 Å². The third-order valence-electron chi connectivity index (χ3n) is 6.51. The molecule has 1 aliphatic heterocycles. The molecule has 1 heterocycles. The first-order chi connectivity index (χ1) is 14.5. The van der Waals surface area contributed by atoms with Gasteiger partial charge >= 0.3 is 6.03 Å². The summed E-state index contributed by atoms with van der Waals surface area (Å²) < 4.78 is 13.2. The molecule has 30 heavy (non-hydrogen) atoms. The molecule has 2 aromatic carbocycles. The first-order valence-electron chi connectivity index (χ1n) is 10.9. The van der Waals surface area contributed by atoms with Crippen LogP contribution in [0.25, 0.3) is 0 Å². The van der Waals surface area contributed by atoms with Crippen LogP contribution in [0.4, 0.5) is 20.6 Å². The molecule has 1 saturated carbocycles. The molecule has 0 spiro atoms. The normalized spacial score (nSPS) is 20.4. The van der Waals surface area contributed by atoms with E-state index < -0.39 is 0 Å². The maximum Gasteiger partial charge on any atom is 0.319 e. The molecule has 1 atom stereocenters. The highest BCUT2D eigenvalue weighted by Crippen LogP contribution is 2.35. The number of carbonyl (C=O) groups excluding carboxylic acids is 1. The highest BCUT2D eigenvalue weighted by Gasteiger charge is 2.42. The quantitative estimate of drug-likeness (QED) is 0.624. The molecular formula is C24H31FN4O. The summed E-state index contributed by atoms with van der Waals surface area (Å²) >= 11 is 0. The highest BCUT2D eigenvalue weighted by atomic mass is 19.1. The van der Waals surface area contributed by atoms with Crippen LogP contribution in [0.15, 0.2) is 48.5 Å². The maximum atomic E-state index is 13.2. The van der Waals surface area contributed by atoms with Gasteiger partial charge in [0.25, 0.3) is 0 Å². The monoisotopic (exact) mass is 410 g/mol. The second-order valence-corrected chi connectivity index (χ2v) is 8.64. The summed E-state index contributed by atoms with van der Waals surface area (Å²) in [4.78, 5) is 15.2. The Bertz CT molecular complexity index is 849. The minimum atomic E-state index is -0.189. The molecule has 4 rings (SSSR count). The molecule has 3 N–H and O–H groups in total. The second-order valence-electron chi connectivity index (χ2n) is 8.64. The molecule has 160 valence electrons. The van der Waals surface area contributed by atoms with Crippen molar-refractivity contribution in [2.24, 2.45) is 0 Å². The topological polar surface area (TPSA) is 56.4 Å².